The van der Waals surface area contributed by atoms with E-state index in [4.69, 9.17) is 5.73 Å². The summed E-state index contributed by atoms with van der Waals surface area (Å²) < 4.78 is 26.9. The molecule has 9 nitrogen and oxygen atoms in total. The molecule has 0 radical (unpaired) electrons. The number of rotatable bonds is 10. The van der Waals surface area contributed by atoms with Gasteiger partial charge in [0.15, 0.2) is 5.13 Å². The number of amides is 1. The van der Waals surface area contributed by atoms with E-state index in [0.717, 1.165) is 16.5 Å². The third-order valence-corrected chi connectivity index (χ3v) is 8.15. The monoisotopic (exact) mass is 553 g/mol. The Hall–Kier alpha value is -3.59. The summed E-state index contributed by atoms with van der Waals surface area (Å²) in [5.41, 5.74) is 8.73. The van der Waals surface area contributed by atoms with Crippen molar-refractivity contribution in [1.82, 2.24) is 9.71 Å². The molecule has 1 amide bonds. The number of carbonyl (C=O) groups excluding carboxylic acids is 1. The van der Waals surface area contributed by atoms with Crippen molar-refractivity contribution >= 4 is 54.0 Å². The molecule has 1 saturated carbocycles. The van der Waals surface area contributed by atoms with E-state index in [1.165, 1.54) is 37.0 Å². The van der Waals surface area contributed by atoms with Crippen molar-refractivity contribution in [1.29, 1.82) is 0 Å². The van der Waals surface area contributed by atoms with Gasteiger partial charge in [-0.05, 0) is 48.2 Å². The van der Waals surface area contributed by atoms with Gasteiger partial charge in [0.05, 0.1) is 11.2 Å². The molecule has 1 heterocycles. The second kappa shape index (κ2) is 12.3. The van der Waals surface area contributed by atoms with Gasteiger partial charge in [0.25, 0.3) is 0 Å². The molecule has 11 heteroatoms. The van der Waals surface area contributed by atoms with Gasteiger partial charge in [0.1, 0.15) is 11.3 Å². The first-order valence-electron chi connectivity index (χ1n) is 12.4. The summed E-state index contributed by atoms with van der Waals surface area (Å²) in [7, 11) is -3.60. The van der Waals surface area contributed by atoms with Crippen LogP contribution in [-0.4, -0.2) is 31.0 Å². The quantitative estimate of drug-likeness (QED) is 0.232. The smallest absolute Gasteiger partial charge is 0.233 e. The van der Waals surface area contributed by atoms with Crippen molar-refractivity contribution in [3.05, 3.63) is 53.4 Å². The lowest BCUT2D eigenvalue weighted by molar-refractivity contribution is -0.116. The molecule has 0 unspecified atom stereocenters. The number of nitrogens with one attached hydrogen (secondary N) is 3. The predicted molar refractivity (Wildman–Crippen MR) is 153 cm³/mol. The topological polar surface area (TPSA) is 146 Å². The van der Waals surface area contributed by atoms with Crippen LogP contribution in [0, 0.1) is 17.8 Å². The lowest BCUT2D eigenvalue weighted by Crippen LogP contribution is -2.20. The number of nitrogens with zero attached hydrogens (tertiary/aromatic N) is 1. The van der Waals surface area contributed by atoms with Crippen LogP contribution in [0.15, 0.2) is 42.3 Å². The van der Waals surface area contributed by atoms with E-state index >= 15 is 0 Å². The van der Waals surface area contributed by atoms with Crippen molar-refractivity contribution in [2.45, 2.75) is 45.1 Å². The Kier molecular flexibility index (Phi) is 8.89. The summed E-state index contributed by atoms with van der Waals surface area (Å²) in [6.07, 6.45) is 6.18. The Balaban J connectivity index is 1.44. The Morgan fingerprint density at radius 1 is 1.21 bits per heavy atom. The number of aromatic hydroxyl groups is 1. The highest BCUT2D eigenvalue weighted by Crippen LogP contribution is 2.31. The van der Waals surface area contributed by atoms with Crippen LogP contribution in [0.2, 0.25) is 0 Å². The number of nitrogens with two attached hydrogens (primary N) is 1. The van der Waals surface area contributed by atoms with Crippen LogP contribution in [0.1, 0.15) is 49.7 Å². The van der Waals surface area contributed by atoms with Crippen molar-refractivity contribution < 1.29 is 18.3 Å². The molecule has 1 aliphatic carbocycles. The lowest BCUT2D eigenvalue weighted by atomic mass is 10.0. The number of aromatic nitrogens is 1. The summed E-state index contributed by atoms with van der Waals surface area (Å²) in [5, 5.41) is 17.5. The Morgan fingerprint density at radius 3 is 2.74 bits per heavy atom. The van der Waals surface area contributed by atoms with Crippen LogP contribution >= 0.6 is 11.3 Å². The molecule has 0 spiro atoms. The highest BCUT2D eigenvalue weighted by Gasteiger charge is 2.16. The zero-order valence-electron chi connectivity index (χ0n) is 20.9. The number of benzene rings is 2. The molecule has 6 N–H and O–H groups in total. The van der Waals surface area contributed by atoms with E-state index < -0.39 is 10.0 Å². The number of carbonyl (C=O) groups is 1. The fourth-order valence-corrected chi connectivity index (χ4v) is 5.74. The molecule has 3 aromatic rings. The van der Waals surface area contributed by atoms with Gasteiger partial charge in [-0.2, -0.15) is 0 Å². The average molecular weight is 554 g/mol. The SMILES string of the molecule is C=CS(=O)(=O)NCc1cc(NCC#Cc2cc(O)c3nc(N)sc3c2)cc(NC(=O)CCC2CCCC2)c1. The highest BCUT2D eigenvalue weighted by molar-refractivity contribution is 7.92. The largest absolute Gasteiger partial charge is 0.506 e. The molecule has 0 bridgehead atoms. The van der Waals surface area contributed by atoms with E-state index in [-0.39, 0.29) is 24.7 Å². The normalized spacial score (nSPS) is 13.7. The van der Waals surface area contributed by atoms with E-state index in [2.05, 4.69) is 38.8 Å². The van der Waals surface area contributed by atoms with Gasteiger partial charge in [0.2, 0.25) is 15.9 Å². The van der Waals surface area contributed by atoms with Gasteiger partial charge in [0, 0.05) is 35.3 Å². The summed E-state index contributed by atoms with van der Waals surface area (Å²) in [6, 6.07) is 8.69. The minimum absolute atomic E-state index is 0.0238. The Morgan fingerprint density at radius 2 is 1.97 bits per heavy atom. The second-order valence-electron chi connectivity index (χ2n) is 9.24. The fourth-order valence-electron chi connectivity index (χ4n) is 4.46. The van der Waals surface area contributed by atoms with E-state index in [1.807, 2.05) is 6.07 Å². The molecule has 1 fully saturated rings. The van der Waals surface area contributed by atoms with Crippen LogP contribution in [0.25, 0.3) is 10.2 Å². The first-order chi connectivity index (χ1) is 18.2. The van der Waals surface area contributed by atoms with Crippen molar-refractivity contribution in [2.24, 2.45) is 5.92 Å². The molecule has 2 aromatic carbocycles. The number of phenols is 1. The van der Waals surface area contributed by atoms with Gasteiger partial charge in [-0.1, -0.05) is 55.4 Å². The molecule has 1 aromatic heterocycles. The molecular weight excluding hydrogens is 522 g/mol. The molecule has 1 aliphatic rings. The maximum atomic E-state index is 12.6. The van der Waals surface area contributed by atoms with E-state index in [9.17, 15) is 18.3 Å². The fraction of sp³-hybridized carbons (Fsp3) is 0.333. The van der Waals surface area contributed by atoms with Crippen molar-refractivity contribution in [2.75, 3.05) is 22.9 Å². The van der Waals surface area contributed by atoms with E-state index in [0.29, 0.717) is 45.5 Å². The van der Waals surface area contributed by atoms with Gasteiger partial charge >= 0.3 is 0 Å². The second-order valence-corrected chi connectivity index (χ2v) is 12.0. The standard InChI is InChI=1S/C27H31N5O4S2/c1-2-38(35,36)30-17-20-12-21(16-22(13-20)31-25(34)10-9-18-6-3-4-7-18)29-11-5-8-19-14-23(33)26-24(15-19)37-27(28)32-26/h2,12-16,18,29-30,33H,1,3-4,6-7,9-11,17H2,(H2,28,32)(H,31,34). The number of sulfonamides is 1. The molecule has 0 atom stereocenters. The van der Waals surface area contributed by atoms with Gasteiger partial charge in [-0.3, -0.25) is 4.79 Å². The van der Waals surface area contributed by atoms with Gasteiger partial charge < -0.3 is 21.5 Å². The number of nitrogen functional groups attached to an aromatic ring is 1. The maximum Gasteiger partial charge on any atom is 0.233 e. The zero-order valence-corrected chi connectivity index (χ0v) is 22.6. The van der Waals surface area contributed by atoms with Crippen LogP contribution in [0.3, 0.4) is 0 Å². The number of thiazole rings is 1. The van der Waals surface area contributed by atoms with Crippen LogP contribution in [0.4, 0.5) is 16.5 Å². The molecule has 0 saturated heterocycles. The molecular formula is C27H31N5O4S2. The maximum absolute atomic E-state index is 12.6. The van der Waals surface area contributed by atoms with Crippen LogP contribution in [-0.2, 0) is 21.4 Å². The first-order valence-corrected chi connectivity index (χ1v) is 14.7. The van der Waals surface area contributed by atoms with Gasteiger partial charge in [-0.15, -0.1) is 0 Å². The average Bonchev–Trinajstić information content (AvgIpc) is 3.53. The van der Waals surface area contributed by atoms with E-state index in [1.54, 1.807) is 24.3 Å². The minimum atomic E-state index is -3.60. The number of fused-ring (bicyclic) bond motifs is 1. The first kappa shape index (κ1) is 27.4. The molecule has 38 heavy (non-hydrogen) atoms. The molecule has 4 rings (SSSR count). The summed E-state index contributed by atoms with van der Waals surface area (Å²) >= 11 is 1.28. The zero-order chi connectivity index (χ0) is 27.1. The van der Waals surface area contributed by atoms with Crippen molar-refractivity contribution in [3.63, 3.8) is 0 Å². The Labute approximate surface area is 226 Å². The number of phenolic OH excluding ortho intramolecular Hbond substituents is 1. The number of anilines is 3. The number of hydrogen-bond acceptors (Lipinski definition) is 8. The minimum Gasteiger partial charge on any atom is -0.506 e. The molecule has 200 valence electrons. The number of hydrogen-bond donors (Lipinski definition) is 5. The third kappa shape index (κ3) is 7.71. The molecule has 0 aliphatic heterocycles. The van der Waals surface area contributed by atoms with Crippen LogP contribution < -0.4 is 21.1 Å². The summed E-state index contributed by atoms with van der Waals surface area (Å²) in [5.74, 6) is 6.60. The van der Waals surface area contributed by atoms with Crippen molar-refractivity contribution in [3.8, 4) is 17.6 Å². The lowest BCUT2D eigenvalue weighted by Gasteiger charge is -2.13. The summed E-state index contributed by atoms with van der Waals surface area (Å²) in [4.78, 5) is 16.7. The highest BCUT2D eigenvalue weighted by atomic mass is 32.2. The predicted octanol–water partition coefficient (Wildman–Crippen LogP) is 4.52. The van der Waals surface area contributed by atoms with Crippen LogP contribution in [0.5, 0.6) is 5.75 Å². The summed E-state index contributed by atoms with van der Waals surface area (Å²) in [6.45, 7) is 3.63. The Bertz CT molecular complexity index is 1500. The third-order valence-electron chi connectivity index (χ3n) is 6.33. The van der Waals surface area contributed by atoms with Gasteiger partial charge in [-0.25, -0.2) is 18.1 Å².